The molecule has 0 aliphatic heterocycles. The van der Waals surface area contributed by atoms with E-state index in [2.05, 4.69) is 59.1 Å². The average Bonchev–Trinajstić information content (AvgIpc) is 2.65. The summed E-state index contributed by atoms with van der Waals surface area (Å²) in [6, 6.07) is 10.4. The van der Waals surface area contributed by atoms with Gasteiger partial charge in [-0.3, -0.25) is 0 Å². The molecule has 0 N–H and O–H groups in total. The van der Waals surface area contributed by atoms with Gasteiger partial charge in [0.25, 0.3) is 0 Å². The van der Waals surface area contributed by atoms with Gasteiger partial charge < -0.3 is 0 Å². The van der Waals surface area contributed by atoms with E-state index in [4.69, 9.17) is 0 Å². The van der Waals surface area contributed by atoms with Crippen molar-refractivity contribution in [3.8, 4) is 5.69 Å². The molecule has 1 heterocycles. The van der Waals surface area contributed by atoms with Crippen LogP contribution >= 0.6 is 15.9 Å². The molecule has 0 aliphatic rings. The lowest BCUT2D eigenvalue weighted by atomic mass is 10.0. The molecule has 0 saturated heterocycles. The van der Waals surface area contributed by atoms with Crippen LogP contribution in [0.15, 0.2) is 41.1 Å². The van der Waals surface area contributed by atoms with E-state index in [1.807, 2.05) is 16.9 Å². The van der Waals surface area contributed by atoms with Gasteiger partial charge in [-0.25, -0.2) is 4.68 Å². The van der Waals surface area contributed by atoms with E-state index in [-0.39, 0.29) is 0 Å². The lowest BCUT2D eigenvalue weighted by Gasteiger charge is -2.06. The normalized spacial score (nSPS) is 10.9. The van der Waals surface area contributed by atoms with E-state index >= 15 is 0 Å². The SMILES string of the molecule is CC(C)c1ccc(-n2ccc(Br)n2)cc1. The van der Waals surface area contributed by atoms with Gasteiger partial charge in [0.15, 0.2) is 0 Å². The van der Waals surface area contributed by atoms with E-state index in [0.717, 1.165) is 10.3 Å². The third kappa shape index (κ3) is 2.29. The predicted octanol–water partition coefficient (Wildman–Crippen LogP) is 3.76. The molecule has 78 valence electrons. The number of rotatable bonds is 2. The van der Waals surface area contributed by atoms with Crippen molar-refractivity contribution in [2.24, 2.45) is 0 Å². The van der Waals surface area contributed by atoms with Gasteiger partial charge in [0.2, 0.25) is 0 Å². The predicted molar refractivity (Wildman–Crippen MR) is 65.4 cm³/mol. The molecule has 2 aromatic rings. The molecule has 0 aliphatic carbocycles. The molecule has 0 radical (unpaired) electrons. The number of hydrogen-bond donors (Lipinski definition) is 0. The molecule has 15 heavy (non-hydrogen) atoms. The second-order valence-electron chi connectivity index (χ2n) is 3.83. The molecule has 2 rings (SSSR count). The zero-order valence-corrected chi connectivity index (χ0v) is 10.4. The molecule has 0 amide bonds. The van der Waals surface area contributed by atoms with Crippen LogP contribution in [0.2, 0.25) is 0 Å². The van der Waals surface area contributed by atoms with Crippen LogP contribution in [0.1, 0.15) is 25.3 Å². The van der Waals surface area contributed by atoms with Crippen LogP contribution in [0, 0.1) is 0 Å². The van der Waals surface area contributed by atoms with E-state index in [1.54, 1.807) is 0 Å². The first-order valence-electron chi connectivity index (χ1n) is 4.98. The molecule has 0 bridgehead atoms. The van der Waals surface area contributed by atoms with E-state index < -0.39 is 0 Å². The summed E-state index contributed by atoms with van der Waals surface area (Å²) >= 11 is 3.34. The van der Waals surface area contributed by atoms with Crippen molar-refractivity contribution >= 4 is 15.9 Å². The van der Waals surface area contributed by atoms with Crippen molar-refractivity contribution < 1.29 is 0 Å². The van der Waals surface area contributed by atoms with Gasteiger partial charge in [-0.1, -0.05) is 26.0 Å². The van der Waals surface area contributed by atoms with Crippen molar-refractivity contribution in [2.75, 3.05) is 0 Å². The van der Waals surface area contributed by atoms with Crippen molar-refractivity contribution in [2.45, 2.75) is 19.8 Å². The quantitative estimate of drug-likeness (QED) is 0.808. The van der Waals surface area contributed by atoms with Crippen molar-refractivity contribution in [3.05, 3.63) is 46.7 Å². The van der Waals surface area contributed by atoms with Crippen molar-refractivity contribution in [1.82, 2.24) is 9.78 Å². The van der Waals surface area contributed by atoms with Crippen LogP contribution in [0.5, 0.6) is 0 Å². The van der Waals surface area contributed by atoms with E-state index in [0.29, 0.717) is 5.92 Å². The smallest absolute Gasteiger partial charge is 0.128 e. The first kappa shape index (κ1) is 10.4. The van der Waals surface area contributed by atoms with E-state index in [9.17, 15) is 0 Å². The zero-order chi connectivity index (χ0) is 10.8. The Balaban J connectivity index is 2.31. The lowest BCUT2D eigenvalue weighted by Crippen LogP contribution is -1.95. The van der Waals surface area contributed by atoms with Gasteiger partial charge in [0.05, 0.1) is 5.69 Å². The van der Waals surface area contributed by atoms with Gasteiger partial charge in [0, 0.05) is 6.20 Å². The van der Waals surface area contributed by atoms with Crippen LogP contribution in [-0.2, 0) is 0 Å². The standard InChI is InChI=1S/C12H13BrN2/c1-9(2)10-3-5-11(6-4-10)15-8-7-12(13)14-15/h3-9H,1-2H3. The minimum absolute atomic E-state index is 0.573. The molecule has 0 fully saturated rings. The third-order valence-electron chi connectivity index (χ3n) is 2.38. The highest BCUT2D eigenvalue weighted by Gasteiger charge is 2.01. The molecule has 1 aromatic heterocycles. The van der Waals surface area contributed by atoms with Gasteiger partial charge in [-0.2, -0.15) is 5.10 Å². The van der Waals surface area contributed by atoms with Crippen LogP contribution in [0.4, 0.5) is 0 Å². The van der Waals surface area contributed by atoms with Crippen molar-refractivity contribution in [3.63, 3.8) is 0 Å². The van der Waals surface area contributed by atoms with Crippen LogP contribution in [0.25, 0.3) is 5.69 Å². The second-order valence-corrected chi connectivity index (χ2v) is 4.64. The molecule has 2 nitrogen and oxygen atoms in total. The summed E-state index contributed by atoms with van der Waals surface area (Å²) in [6.45, 7) is 4.39. The maximum absolute atomic E-state index is 4.29. The fourth-order valence-corrected chi connectivity index (χ4v) is 1.75. The molecule has 0 atom stereocenters. The molecule has 3 heteroatoms. The number of benzene rings is 1. The summed E-state index contributed by atoms with van der Waals surface area (Å²) in [7, 11) is 0. The summed E-state index contributed by atoms with van der Waals surface area (Å²) in [6.07, 6.45) is 1.94. The summed E-state index contributed by atoms with van der Waals surface area (Å²) in [4.78, 5) is 0. The highest BCUT2D eigenvalue weighted by Crippen LogP contribution is 2.17. The van der Waals surface area contributed by atoms with Gasteiger partial charge in [-0.05, 0) is 45.6 Å². The minimum atomic E-state index is 0.573. The van der Waals surface area contributed by atoms with E-state index in [1.165, 1.54) is 5.56 Å². The number of halogens is 1. The van der Waals surface area contributed by atoms with Crippen LogP contribution < -0.4 is 0 Å². The zero-order valence-electron chi connectivity index (χ0n) is 8.81. The minimum Gasteiger partial charge on any atom is -0.240 e. The summed E-state index contributed by atoms with van der Waals surface area (Å²) < 4.78 is 2.71. The van der Waals surface area contributed by atoms with Crippen LogP contribution in [0.3, 0.4) is 0 Å². The van der Waals surface area contributed by atoms with Gasteiger partial charge in [-0.15, -0.1) is 0 Å². The molecular formula is C12H13BrN2. The Morgan fingerprint density at radius 3 is 2.27 bits per heavy atom. The maximum Gasteiger partial charge on any atom is 0.128 e. The molecule has 1 aromatic carbocycles. The highest BCUT2D eigenvalue weighted by atomic mass is 79.9. The topological polar surface area (TPSA) is 17.8 Å². The monoisotopic (exact) mass is 264 g/mol. The molecule has 0 spiro atoms. The Morgan fingerprint density at radius 1 is 1.13 bits per heavy atom. The van der Waals surface area contributed by atoms with Crippen LogP contribution in [-0.4, -0.2) is 9.78 Å². The largest absolute Gasteiger partial charge is 0.240 e. The Bertz CT molecular complexity index is 443. The number of aromatic nitrogens is 2. The fraction of sp³-hybridized carbons (Fsp3) is 0.250. The third-order valence-corrected chi connectivity index (χ3v) is 2.80. The number of nitrogens with zero attached hydrogens (tertiary/aromatic N) is 2. The second kappa shape index (κ2) is 4.19. The molecule has 0 unspecified atom stereocenters. The molecular weight excluding hydrogens is 252 g/mol. The fourth-order valence-electron chi connectivity index (χ4n) is 1.46. The van der Waals surface area contributed by atoms with Gasteiger partial charge in [0.1, 0.15) is 4.60 Å². The van der Waals surface area contributed by atoms with Gasteiger partial charge >= 0.3 is 0 Å². The molecule has 0 saturated carbocycles. The first-order valence-corrected chi connectivity index (χ1v) is 5.77. The summed E-state index contributed by atoms with van der Waals surface area (Å²) in [5.74, 6) is 0.573. The van der Waals surface area contributed by atoms with Crippen molar-refractivity contribution in [1.29, 1.82) is 0 Å². The Kier molecular flexibility index (Phi) is 2.91. The summed E-state index contributed by atoms with van der Waals surface area (Å²) in [5, 5.41) is 4.29. The highest BCUT2D eigenvalue weighted by molar-refractivity contribution is 9.10. The Labute approximate surface area is 98.1 Å². The first-order chi connectivity index (χ1) is 7.16. The Morgan fingerprint density at radius 2 is 1.80 bits per heavy atom. The lowest BCUT2D eigenvalue weighted by molar-refractivity contribution is 0.850. The Hall–Kier alpha value is -1.09. The number of hydrogen-bond acceptors (Lipinski definition) is 1. The maximum atomic E-state index is 4.29. The summed E-state index contributed by atoms with van der Waals surface area (Å²) in [5.41, 5.74) is 2.44. The average molecular weight is 265 g/mol.